The van der Waals surface area contributed by atoms with Crippen molar-refractivity contribution >= 4 is 23.1 Å². The molecule has 0 saturated carbocycles. The standard InChI is InChI=1S/C15H13N3O2/c1-20-15(19)18-14-16-12-8-7-11(9-13(12)17-14)10-5-3-2-4-6-10/h2-9H,1H3,(H2,16,17,18,19). The number of fused-ring (bicyclic) bond motifs is 1. The smallest absolute Gasteiger partial charge is 0.413 e. The van der Waals surface area contributed by atoms with Gasteiger partial charge >= 0.3 is 6.09 Å². The molecule has 100 valence electrons. The van der Waals surface area contributed by atoms with E-state index in [4.69, 9.17) is 0 Å². The first-order chi connectivity index (χ1) is 9.76. The summed E-state index contributed by atoms with van der Waals surface area (Å²) < 4.78 is 4.53. The monoisotopic (exact) mass is 267 g/mol. The van der Waals surface area contributed by atoms with Gasteiger partial charge in [0.25, 0.3) is 0 Å². The van der Waals surface area contributed by atoms with E-state index in [0.717, 1.165) is 22.2 Å². The number of methoxy groups -OCH3 is 1. The maximum atomic E-state index is 11.2. The molecule has 0 bridgehead atoms. The van der Waals surface area contributed by atoms with Gasteiger partial charge in [-0.3, -0.25) is 5.32 Å². The van der Waals surface area contributed by atoms with E-state index < -0.39 is 6.09 Å². The SMILES string of the molecule is COC(=O)Nc1nc2cc(-c3ccccc3)ccc2[nH]1. The summed E-state index contributed by atoms with van der Waals surface area (Å²) in [7, 11) is 1.31. The molecule has 5 heteroatoms. The Morgan fingerprint density at radius 3 is 2.70 bits per heavy atom. The Balaban J connectivity index is 1.97. The summed E-state index contributed by atoms with van der Waals surface area (Å²) >= 11 is 0. The fourth-order valence-electron chi connectivity index (χ4n) is 2.02. The van der Waals surface area contributed by atoms with Gasteiger partial charge in [0.15, 0.2) is 0 Å². The zero-order valence-electron chi connectivity index (χ0n) is 10.9. The zero-order chi connectivity index (χ0) is 13.9. The highest BCUT2D eigenvalue weighted by molar-refractivity contribution is 5.88. The van der Waals surface area contributed by atoms with E-state index in [1.165, 1.54) is 7.11 Å². The highest BCUT2D eigenvalue weighted by Crippen LogP contribution is 2.24. The van der Waals surface area contributed by atoms with Crippen LogP contribution >= 0.6 is 0 Å². The third-order valence-corrected chi connectivity index (χ3v) is 3.00. The molecule has 0 atom stereocenters. The second-order valence-electron chi connectivity index (χ2n) is 4.30. The predicted molar refractivity (Wildman–Crippen MR) is 77.6 cm³/mol. The number of hydrogen-bond acceptors (Lipinski definition) is 3. The van der Waals surface area contributed by atoms with Crippen LogP contribution in [0.2, 0.25) is 0 Å². The van der Waals surface area contributed by atoms with E-state index in [-0.39, 0.29) is 0 Å². The normalized spacial score (nSPS) is 10.4. The first-order valence-corrected chi connectivity index (χ1v) is 6.16. The maximum Gasteiger partial charge on any atom is 0.413 e. The van der Waals surface area contributed by atoms with Crippen molar-refractivity contribution in [1.82, 2.24) is 9.97 Å². The Kier molecular flexibility index (Phi) is 3.09. The Labute approximate surface area is 115 Å². The Bertz CT molecular complexity index is 750. The number of carbonyl (C=O) groups is 1. The molecule has 0 unspecified atom stereocenters. The quantitative estimate of drug-likeness (QED) is 0.747. The molecule has 0 spiro atoms. The number of hydrogen-bond donors (Lipinski definition) is 2. The lowest BCUT2D eigenvalue weighted by molar-refractivity contribution is 0.186. The van der Waals surface area contributed by atoms with Crippen LogP contribution < -0.4 is 5.32 Å². The Morgan fingerprint density at radius 1 is 1.15 bits per heavy atom. The molecule has 0 fully saturated rings. The van der Waals surface area contributed by atoms with Crippen LogP contribution in [0.1, 0.15) is 0 Å². The Morgan fingerprint density at radius 2 is 1.95 bits per heavy atom. The average Bonchev–Trinajstić information content (AvgIpc) is 2.89. The van der Waals surface area contributed by atoms with Gasteiger partial charge in [0.2, 0.25) is 5.95 Å². The molecule has 3 aromatic rings. The minimum atomic E-state index is -0.549. The van der Waals surface area contributed by atoms with Crippen LogP contribution in [0, 0.1) is 0 Å². The maximum absolute atomic E-state index is 11.2. The lowest BCUT2D eigenvalue weighted by Gasteiger charge is -2.00. The fourth-order valence-corrected chi connectivity index (χ4v) is 2.02. The van der Waals surface area contributed by atoms with Gasteiger partial charge in [-0.05, 0) is 23.3 Å². The van der Waals surface area contributed by atoms with Crippen LogP contribution in [-0.4, -0.2) is 23.2 Å². The van der Waals surface area contributed by atoms with E-state index in [0.29, 0.717) is 5.95 Å². The van der Waals surface area contributed by atoms with Gasteiger partial charge in [-0.15, -0.1) is 0 Å². The zero-order valence-corrected chi connectivity index (χ0v) is 10.9. The van der Waals surface area contributed by atoms with Crippen molar-refractivity contribution in [3.63, 3.8) is 0 Å². The predicted octanol–water partition coefficient (Wildman–Crippen LogP) is 3.41. The molecule has 1 aromatic heterocycles. The van der Waals surface area contributed by atoms with Gasteiger partial charge in [0.05, 0.1) is 18.1 Å². The van der Waals surface area contributed by atoms with E-state index in [1.54, 1.807) is 0 Å². The molecule has 3 rings (SSSR count). The number of benzene rings is 2. The van der Waals surface area contributed by atoms with Crippen molar-refractivity contribution in [2.45, 2.75) is 0 Å². The molecule has 20 heavy (non-hydrogen) atoms. The number of nitrogens with zero attached hydrogens (tertiary/aromatic N) is 1. The highest BCUT2D eigenvalue weighted by Gasteiger charge is 2.07. The van der Waals surface area contributed by atoms with Crippen LogP contribution in [0.3, 0.4) is 0 Å². The van der Waals surface area contributed by atoms with Crippen LogP contribution in [0.5, 0.6) is 0 Å². The van der Waals surface area contributed by atoms with Crippen LogP contribution in [0.4, 0.5) is 10.7 Å². The van der Waals surface area contributed by atoms with Crippen LogP contribution in [0.15, 0.2) is 48.5 Å². The molecule has 0 radical (unpaired) electrons. The van der Waals surface area contributed by atoms with Gasteiger partial charge in [0, 0.05) is 0 Å². The number of aromatic nitrogens is 2. The van der Waals surface area contributed by atoms with Gasteiger partial charge in [-0.25, -0.2) is 9.78 Å². The molecule has 5 nitrogen and oxygen atoms in total. The third kappa shape index (κ3) is 2.33. The second kappa shape index (κ2) is 5.05. The van der Waals surface area contributed by atoms with Crippen LogP contribution in [-0.2, 0) is 4.74 Å². The van der Waals surface area contributed by atoms with Crippen molar-refractivity contribution in [1.29, 1.82) is 0 Å². The van der Waals surface area contributed by atoms with Crippen molar-refractivity contribution < 1.29 is 9.53 Å². The van der Waals surface area contributed by atoms with Gasteiger partial charge < -0.3 is 9.72 Å². The summed E-state index contributed by atoms with van der Waals surface area (Å²) in [6.45, 7) is 0. The summed E-state index contributed by atoms with van der Waals surface area (Å²) in [5.41, 5.74) is 3.85. The first kappa shape index (κ1) is 12.2. The molecule has 0 aliphatic carbocycles. The van der Waals surface area contributed by atoms with E-state index >= 15 is 0 Å². The number of ether oxygens (including phenoxy) is 1. The number of carbonyl (C=O) groups excluding carboxylic acids is 1. The molecule has 0 aliphatic rings. The number of imidazole rings is 1. The lowest BCUT2D eigenvalue weighted by Crippen LogP contribution is -2.11. The summed E-state index contributed by atoms with van der Waals surface area (Å²) in [4.78, 5) is 18.5. The van der Waals surface area contributed by atoms with Crippen molar-refractivity contribution in [2.75, 3.05) is 12.4 Å². The first-order valence-electron chi connectivity index (χ1n) is 6.16. The minimum Gasteiger partial charge on any atom is -0.453 e. The summed E-state index contributed by atoms with van der Waals surface area (Å²) in [6.07, 6.45) is -0.549. The second-order valence-corrected chi connectivity index (χ2v) is 4.30. The molecule has 1 heterocycles. The average molecular weight is 267 g/mol. The van der Waals surface area contributed by atoms with Crippen molar-refractivity contribution in [2.24, 2.45) is 0 Å². The molecule has 0 aliphatic heterocycles. The van der Waals surface area contributed by atoms with Gasteiger partial charge in [0.1, 0.15) is 0 Å². The van der Waals surface area contributed by atoms with E-state index in [1.807, 2.05) is 48.5 Å². The molecule has 0 saturated heterocycles. The third-order valence-electron chi connectivity index (χ3n) is 3.00. The highest BCUT2D eigenvalue weighted by atomic mass is 16.5. The van der Waals surface area contributed by atoms with Crippen molar-refractivity contribution in [3.05, 3.63) is 48.5 Å². The number of rotatable bonds is 2. The van der Waals surface area contributed by atoms with Gasteiger partial charge in [-0.1, -0.05) is 36.4 Å². The van der Waals surface area contributed by atoms with E-state index in [2.05, 4.69) is 20.0 Å². The molecule has 2 N–H and O–H groups in total. The fraction of sp³-hybridized carbons (Fsp3) is 0.0667. The Hall–Kier alpha value is -2.82. The van der Waals surface area contributed by atoms with Gasteiger partial charge in [-0.2, -0.15) is 0 Å². The molecule has 1 amide bonds. The lowest BCUT2D eigenvalue weighted by atomic mass is 10.1. The summed E-state index contributed by atoms with van der Waals surface area (Å²) in [5, 5.41) is 2.51. The number of amides is 1. The number of H-pyrrole nitrogens is 1. The molecule has 2 aromatic carbocycles. The number of aromatic amines is 1. The van der Waals surface area contributed by atoms with Crippen LogP contribution in [0.25, 0.3) is 22.2 Å². The number of nitrogens with one attached hydrogen (secondary N) is 2. The topological polar surface area (TPSA) is 67.0 Å². The summed E-state index contributed by atoms with van der Waals surface area (Å²) in [6, 6.07) is 16.0. The van der Waals surface area contributed by atoms with Crippen molar-refractivity contribution in [3.8, 4) is 11.1 Å². The van der Waals surface area contributed by atoms with E-state index in [9.17, 15) is 4.79 Å². The number of anilines is 1. The minimum absolute atomic E-state index is 0.372. The summed E-state index contributed by atoms with van der Waals surface area (Å²) in [5.74, 6) is 0.372. The molecular weight excluding hydrogens is 254 g/mol. The largest absolute Gasteiger partial charge is 0.453 e. The molecular formula is C15H13N3O2.